The van der Waals surface area contributed by atoms with Crippen LogP contribution in [0.2, 0.25) is 0 Å². The molecule has 0 fully saturated rings. The Bertz CT molecular complexity index is 76.2. The van der Waals surface area contributed by atoms with Crippen molar-refractivity contribution < 1.29 is 0 Å². The van der Waals surface area contributed by atoms with Gasteiger partial charge in [-0.15, -0.1) is 0 Å². The van der Waals surface area contributed by atoms with Crippen molar-refractivity contribution in [2.24, 2.45) is 0 Å². The molecular formula is C6H9N. The highest BCUT2D eigenvalue weighted by Crippen LogP contribution is 1.96. The average molecular weight is 95.1 g/mol. The SMILES string of the molecule is [CH]N1CC=CCC1. The first kappa shape index (κ1) is 4.85. The molecule has 7 heavy (non-hydrogen) atoms. The van der Waals surface area contributed by atoms with Crippen LogP contribution in [0.25, 0.3) is 0 Å². The fourth-order valence-corrected chi connectivity index (χ4v) is 0.659. The lowest BCUT2D eigenvalue weighted by Crippen LogP contribution is -2.19. The van der Waals surface area contributed by atoms with E-state index in [1.807, 2.05) is 0 Å². The Morgan fingerprint density at radius 2 is 2.29 bits per heavy atom. The summed E-state index contributed by atoms with van der Waals surface area (Å²) in [4.78, 5) is 1.81. The van der Waals surface area contributed by atoms with E-state index in [0.29, 0.717) is 0 Å². The number of hydrogen-bond acceptors (Lipinski definition) is 1. The maximum Gasteiger partial charge on any atom is 0.0442 e. The predicted octanol–water partition coefficient (Wildman–Crippen LogP) is 0.917. The monoisotopic (exact) mass is 95.1 g/mol. The Morgan fingerprint density at radius 3 is 2.57 bits per heavy atom. The summed E-state index contributed by atoms with van der Waals surface area (Å²) in [7, 11) is 5.42. The summed E-state index contributed by atoms with van der Waals surface area (Å²) >= 11 is 0. The van der Waals surface area contributed by atoms with Crippen LogP contribution in [0.15, 0.2) is 12.2 Å². The van der Waals surface area contributed by atoms with Crippen molar-refractivity contribution >= 4 is 0 Å². The van der Waals surface area contributed by atoms with Crippen molar-refractivity contribution in [3.8, 4) is 0 Å². The van der Waals surface area contributed by atoms with E-state index in [-0.39, 0.29) is 0 Å². The second kappa shape index (κ2) is 2.12. The molecule has 0 aromatic rings. The van der Waals surface area contributed by atoms with Crippen molar-refractivity contribution in [2.45, 2.75) is 6.42 Å². The summed E-state index contributed by atoms with van der Waals surface area (Å²) in [5.41, 5.74) is 0. The molecule has 1 nitrogen and oxygen atoms in total. The zero-order valence-electron chi connectivity index (χ0n) is 4.30. The first-order valence-corrected chi connectivity index (χ1v) is 2.54. The Balaban J connectivity index is 2.32. The highest BCUT2D eigenvalue weighted by molar-refractivity contribution is 4.90. The molecule has 0 atom stereocenters. The molecule has 0 amide bonds. The van der Waals surface area contributed by atoms with E-state index in [1.54, 1.807) is 4.90 Å². The Kier molecular flexibility index (Phi) is 1.47. The fraction of sp³-hybridized carbons (Fsp3) is 0.500. The zero-order valence-corrected chi connectivity index (χ0v) is 4.30. The smallest absolute Gasteiger partial charge is 0.0442 e. The van der Waals surface area contributed by atoms with E-state index in [9.17, 15) is 0 Å². The fourth-order valence-electron chi connectivity index (χ4n) is 0.659. The maximum atomic E-state index is 5.42. The van der Waals surface area contributed by atoms with E-state index in [4.69, 9.17) is 7.05 Å². The van der Waals surface area contributed by atoms with Crippen LogP contribution in [0.4, 0.5) is 0 Å². The lowest BCUT2D eigenvalue weighted by atomic mass is 10.3. The Labute approximate surface area is 44.6 Å². The summed E-state index contributed by atoms with van der Waals surface area (Å²) in [6, 6.07) is 0. The highest BCUT2D eigenvalue weighted by atomic mass is 15.1. The molecule has 0 N–H and O–H groups in total. The van der Waals surface area contributed by atoms with Gasteiger partial charge >= 0.3 is 0 Å². The van der Waals surface area contributed by atoms with Gasteiger partial charge in [-0.25, -0.2) is 0 Å². The summed E-state index contributed by atoms with van der Waals surface area (Å²) in [6.07, 6.45) is 5.35. The summed E-state index contributed by atoms with van der Waals surface area (Å²) in [6.45, 7) is 1.93. The van der Waals surface area contributed by atoms with Gasteiger partial charge in [0.1, 0.15) is 0 Å². The van der Waals surface area contributed by atoms with Crippen molar-refractivity contribution in [2.75, 3.05) is 13.1 Å². The van der Waals surface area contributed by atoms with E-state index in [2.05, 4.69) is 12.2 Å². The second-order valence-electron chi connectivity index (χ2n) is 1.76. The number of nitrogens with zero attached hydrogens (tertiary/aromatic N) is 1. The first-order chi connectivity index (χ1) is 3.39. The molecule has 0 aromatic heterocycles. The highest BCUT2D eigenvalue weighted by Gasteiger charge is 1.96. The van der Waals surface area contributed by atoms with Gasteiger partial charge in [-0.05, 0) is 6.42 Å². The molecule has 1 aliphatic rings. The average Bonchev–Trinajstić information content (AvgIpc) is 1.69. The van der Waals surface area contributed by atoms with Gasteiger partial charge in [0.15, 0.2) is 0 Å². The van der Waals surface area contributed by atoms with Crippen LogP contribution < -0.4 is 0 Å². The van der Waals surface area contributed by atoms with Crippen LogP contribution in [-0.4, -0.2) is 18.0 Å². The summed E-state index contributed by atoms with van der Waals surface area (Å²) in [5, 5.41) is 0. The molecule has 2 radical (unpaired) electrons. The molecule has 1 aliphatic heterocycles. The minimum Gasteiger partial charge on any atom is -0.293 e. The molecule has 0 spiro atoms. The summed E-state index contributed by atoms with van der Waals surface area (Å²) < 4.78 is 0. The Hall–Kier alpha value is -0.300. The van der Waals surface area contributed by atoms with E-state index in [1.165, 1.54) is 0 Å². The lowest BCUT2D eigenvalue weighted by molar-refractivity contribution is 0.404. The summed E-state index contributed by atoms with van der Waals surface area (Å²) in [5.74, 6) is 0. The largest absolute Gasteiger partial charge is 0.293 e. The second-order valence-corrected chi connectivity index (χ2v) is 1.76. The van der Waals surface area contributed by atoms with Gasteiger partial charge in [-0.2, -0.15) is 0 Å². The molecule has 1 heterocycles. The van der Waals surface area contributed by atoms with Gasteiger partial charge in [-0.1, -0.05) is 12.2 Å². The minimum absolute atomic E-state index is 0.917. The molecule has 0 saturated heterocycles. The van der Waals surface area contributed by atoms with E-state index < -0.39 is 0 Å². The van der Waals surface area contributed by atoms with Gasteiger partial charge in [0.05, 0.1) is 0 Å². The molecule has 38 valence electrons. The van der Waals surface area contributed by atoms with Crippen LogP contribution >= 0.6 is 0 Å². The molecule has 0 aromatic carbocycles. The van der Waals surface area contributed by atoms with Gasteiger partial charge in [0, 0.05) is 20.1 Å². The molecule has 0 aliphatic carbocycles. The van der Waals surface area contributed by atoms with Crippen LogP contribution in [0, 0.1) is 7.05 Å². The van der Waals surface area contributed by atoms with Gasteiger partial charge < -0.3 is 0 Å². The van der Waals surface area contributed by atoms with Crippen molar-refractivity contribution in [1.82, 2.24) is 4.90 Å². The van der Waals surface area contributed by atoms with Crippen molar-refractivity contribution in [3.05, 3.63) is 19.2 Å². The normalized spacial score (nSPS) is 23.0. The quantitative estimate of drug-likeness (QED) is 0.404. The number of hydrogen-bond donors (Lipinski definition) is 0. The molecular weight excluding hydrogens is 86.1 g/mol. The number of rotatable bonds is 0. The van der Waals surface area contributed by atoms with Gasteiger partial charge in [0.25, 0.3) is 0 Å². The lowest BCUT2D eigenvalue weighted by Gasteiger charge is -2.14. The molecule has 0 unspecified atom stereocenters. The van der Waals surface area contributed by atoms with Gasteiger partial charge in [-0.3, -0.25) is 4.90 Å². The van der Waals surface area contributed by atoms with Crippen LogP contribution in [0.5, 0.6) is 0 Å². The zero-order chi connectivity index (χ0) is 5.11. The van der Waals surface area contributed by atoms with E-state index in [0.717, 1.165) is 19.5 Å². The topological polar surface area (TPSA) is 3.24 Å². The van der Waals surface area contributed by atoms with Crippen molar-refractivity contribution in [1.29, 1.82) is 0 Å². The third kappa shape index (κ3) is 1.32. The minimum atomic E-state index is 0.917. The molecule has 1 heteroatoms. The maximum absolute atomic E-state index is 5.42. The van der Waals surface area contributed by atoms with Crippen LogP contribution in [0.3, 0.4) is 0 Å². The van der Waals surface area contributed by atoms with Crippen molar-refractivity contribution in [3.63, 3.8) is 0 Å². The third-order valence-corrected chi connectivity index (χ3v) is 1.09. The molecule has 1 rings (SSSR count). The van der Waals surface area contributed by atoms with Gasteiger partial charge in [0.2, 0.25) is 0 Å². The predicted molar refractivity (Wildman–Crippen MR) is 29.6 cm³/mol. The third-order valence-electron chi connectivity index (χ3n) is 1.09. The first-order valence-electron chi connectivity index (χ1n) is 2.54. The standard InChI is InChI=1S/C6H9N/c1-7-5-3-2-4-6-7/h1-3H,4-6H2. The Morgan fingerprint density at radius 1 is 1.43 bits per heavy atom. The van der Waals surface area contributed by atoms with Crippen LogP contribution in [0.1, 0.15) is 6.42 Å². The van der Waals surface area contributed by atoms with E-state index >= 15 is 0 Å². The molecule has 0 bridgehead atoms. The molecule has 0 saturated carbocycles. The van der Waals surface area contributed by atoms with Crippen LogP contribution in [-0.2, 0) is 0 Å².